The summed E-state index contributed by atoms with van der Waals surface area (Å²) in [5.41, 5.74) is -0.294. The van der Waals surface area contributed by atoms with E-state index in [2.05, 4.69) is 20.0 Å². The van der Waals surface area contributed by atoms with Crippen LogP contribution >= 0.6 is 0 Å². The van der Waals surface area contributed by atoms with Crippen molar-refractivity contribution in [2.75, 3.05) is 12.4 Å². The summed E-state index contributed by atoms with van der Waals surface area (Å²) in [5, 5.41) is 13.6. The highest BCUT2D eigenvalue weighted by molar-refractivity contribution is 5.88. The van der Waals surface area contributed by atoms with Crippen molar-refractivity contribution >= 4 is 17.5 Å². The van der Waals surface area contributed by atoms with Crippen molar-refractivity contribution in [3.8, 4) is 0 Å². The minimum atomic E-state index is -0.681. The number of hydrogen-bond acceptors (Lipinski definition) is 8. The third kappa shape index (κ3) is 2.88. The summed E-state index contributed by atoms with van der Waals surface area (Å²) in [7, 11) is 1.20. The molecule has 0 atom stereocenters. The van der Waals surface area contributed by atoms with E-state index in [4.69, 9.17) is 4.42 Å². The molecular formula is C11H10N4O5. The van der Waals surface area contributed by atoms with Gasteiger partial charge in [-0.15, -0.1) is 0 Å². The zero-order valence-corrected chi connectivity index (χ0v) is 10.4. The Morgan fingerprint density at radius 3 is 2.95 bits per heavy atom. The summed E-state index contributed by atoms with van der Waals surface area (Å²) in [6.45, 7) is 0.103. The summed E-state index contributed by atoms with van der Waals surface area (Å²) >= 11 is 0. The predicted octanol–water partition coefficient (Wildman–Crippen LogP) is 1.38. The van der Waals surface area contributed by atoms with Crippen molar-refractivity contribution in [2.24, 2.45) is 0 Å². The number of carbonyl (C=O) groups is 1. The van der Waals surface area contributed by atoms with Crippen LogP contribution in [0.1, 0.15) is 16.4 Å². The second-order valence-corrected chi connectivity index (χ2v) is 3.59. The number of methoxy groups -OCH3 is 1. The highest BCUT2D eigenvalue weighted by Gasteiger charge is 2.19. The van der Waals surface area contributed by atoms with E-state index in [-0.39, 0.29) is 23.7 Å². The minimum absolute atomic E-state index is 0.0343. The zero-order chi connectivity index (χ0) is 14.5. The Labute approximate surface area is 112 Å². The highest BCUT2D eigenvalue weighted by Crippen LogP contribution is 2.22. The van der Waals surface area contributed by atoms with Crippen LogP contribution in [0, 0.1) is 10.1 Å². The standard InChI is InChI=1S/C11H10N4O5/c1-19-11(16)7-2-3-8(15(17)18)10(14-7)13-6-9-12-4-5-20-9/h2-5H,6H2,1H3,(H,13,14). The van der Waals surface area contributed by atoms with Gasteiger partial charge in [-0.25, -0.2) is 14.8 Å². The van der Waals surface area contributed by atoms with Crippen LogP contribution in [-0.4, -0.2) is 28.0 Å². The van der Waals surface area contributed by atoms with Crippen molar-refractivity contribution in [2.45, 2.75) is 6.54 Å². The smallest absolute Gasteiger partial charge is 0.356 e. The molecule has 0 aromatic carbocycles. The summed E-state index contributed by atoms with van der Waals surface area (Å²) < 4.78 is 9.50. The molecule has 2 aromatic heterocycles. The molecule has 0 aliphatic heterocycles. The van der Waals surface area contributed by atoms with Crippen LogP contribution < -0.4 is 5.32 Å². The lowest BCUT2D eigenvalue weighted by molar-refractivity contribution is -0.384. The molecule has 0 fully saturated rings. The summed E-state index contributed by atoms with van der Waals surface area (Å²) in [6.07, 6.45) is 2.83. The number of rotatable bonds is 5. The molecule has 0 spiro atoms. The molecule has 0 radical (unpaired) electrons. The van der Waals surface area contributed by atoms with Crippen molar-refractivity contribution < 1.29 is 18.9 Å². The molecule has 0 aliphatic carbocycles. The number of ether oxygens (including phenoxy) is 1. The average Bonchev–Trinajstić information content (AvgIpc) is 2.97. The SMILES string of the molecule is COC(=O)c1ccc([N+](=O)[O-])c(NCc2ncco2)n1. The number of pyridine rings is 1. The molecule has 2 heterocycles. The van der Waals surface area contributed by atoms with E-state index >= 15 is 0 Å². The summed E-state index contributed by atoms with van der Waals surface area (Å²) in [6, 6.07) is 2.40. The van der Waals surface area contributed by atoms with Gasteiger partial charge in [0.05, 0.1) is 24.8 Å². The average molecular weight is 278 g/mol. The van der Waals surface area contributed by atoms with Crippen molar-refractivity contribution in [3.63, 3.8) is 0 Å². The first-order valence-electron chi connectivity index (χ1n) is 5.48. The Hall–Kier alpha value is -2.97. The van der Waals surface area contributed by atoms with Gasteiger partial charge in [0.25, 0.3) is 0 Å². The van der Waals surface area contributed by atoms with Crippen molar-refractivity contribution in [3.05, 3.63) is 46.3 Å². The Morgan fingerprint density at radius 2 is 2.35 bits per heavy atom. The monoisotopic (exact) mass is 278 g/mol. The fraction of sp³-hybridized carbons (Fsp3) is 0.182. The summed E-state index contributed by atoms with van der Waals surface area (Å²) in [5.74, 6) is -0.403. The third-order valence-electron chi connectivity index (χ3n) is 2.36. The molecule has 9 nitrogen and oxygen atoms in total. The van der Waals surface area contributed by atoms with Crippen molar-refractivity contribution in [1.82, 2.24) is 9.97 Å². The lowest BCUT2D eigenvalue weighted by Crippen LogP contribution is -2.10. The van der Waals surface area contributed by atoms with Crippen LogP contribution in [0.25, 0.3) is 0 Å². The first kappa shape index (κ1) is 13.5. The van der Waals surface area contributed by atoms with Crippen LogP contribution in [0.2, 0.25) is 0 Å². The first-order valence-corrected chi connectivity index (χ1v) is 5.48. The Bertz CT molecular complexity index is 626. The molecule has 0 bridgehead atoms. The van der Waals surface area contributed by atoms with Gasteiger partial charge < -0.3 is 14.5 Å². The Kier molecular flexibility index (Phi) is 3.89. The van der Waals surface area contributed by atoms with Gasteiger partial charge in [0.15, 0.2) is 5.69 Å². The van der Waals surface area contributed by atoms with Crippen LogP contribution in [0.3, 0.4) is 0 Å². The maximum atomic E-state index is 11.4. The van der Waals surface area contributed by atoms with E-state index in [0.29, 0.717) is 5.89 Å². The number of aromatic nitrogens is 2. The Balaban J connectivity index is 2.26. The van der Waals surface area contributed by atoms with Crippen molar-refractivity contribution in [1.29, 1.82) is 0 Å². The zero-order valence-electron chi connectivity index (χ0n) is 10.4. The molecule has 1 N–H and O–H groups in total. The molecular weight excluding hydrogens is 268 g/mol. The van der Waals surface area contributed by atoms with E-state index in [9.17, 15) is 14.9 Å². The van der Waals surface area contributed by atoms with E-state index in [1.54, 1.807) is 0 Å². The number of nitrogens with one attached hydrogen (secondary N) is 1. The molecule has 0 saturated heterocycles. The van der Waals surface area contributed by atoms with E-state index < -0.39 is 10.9 Å². The van der Waals surface area contributed by atoms with Gasteiger partial charge in [0.1, 0.15) is 6.26 Å². The number of nitro groups is 1. The predicted molar refractivity (Wildman–Crippen MR) is 66.1 cm³/mol. The molecule has 20 heavy (non-hydrogen) atoms. The van der Waals surface area contributed by atoms with Gasteiger partial charge in [0.2, 0.25) is 11.7 Å². The first-order chi connectivity index (χ1) is 9.61. The number of esters is 1. The number of oxazole rings is 1. The molecule has 2 rings (SSSR count). The van der Waals surface area contributed by atoms with Gasteiger partial charge in [0, 0.05) is 6.07 Å². The van der Waals surface area contributed by atoms with Crippen LogP contribution in [-0.2, 0) is 11.3 Å². The fourth-order valence-electron chi connectivity index (χ4n) is 1.45. The molecule has 0 amide bonds. The van der Waals surface area contributed by atoms with Crippen LogP contribution in [0.15, 0.2) is 29.0 Å². The van der Waals surface area contributed by atoms with E-state index in [1.165, 1.54) is 31.7 Å². The van der Waals surface area contributed by atoms with Gasteiger partial charge in [-0.1, -0.05) is 0 Å². The van der Waals surface area contributed by atoms with Crippen LogP contribution in [0.4, 0.5) is 11.5 Å². The molecule has 0 saturated carbocycles. The number of hydrogen-bond donors (Lipinski definition) is 1. The third-order valence-corrected chi connectivity index (χ3v) is 2.36. The molecule has 0 aliphatic rings. The van der Waals surface area contributed by atoms with Gasteiger partial charge in [-0.3, -0.25) is 10.1 Å². The second-order valence-electron chi connectivity index (χ2n) is 3.59. The normalized spacial score (nSPS) is 10.1. The number of nitrogens with zero attached hydrogens (tertiary/aromatic N) is 3. The maximum Gasteiger partial charge on any atom is 0.356 e. The molecule has 2 aromatic rings. The Morgan fingerprint density at radius 1 is 1.55 bits per heavy atom. The molecule has 9 heteroatoms. The molecule has 104 valence electrons. The lowest BCUT2D eigenvalue weighted by Gasteiger charge is -2.05. The lowest BCUT2D eigenvalue weighted by atomic mass is 10.3. The summed E-state index contributed by atoms with van der Waals surface area (Å²) in [4.78, 5) is 29.4. The van der Waals surface area contributed by atoms with E-state index in [0.717, 1.165) is 0 Å². The van der Waals surface area contributed by atoms with E-state index in [1.807, 2.05) is 0 Å². The minimum Gasteiger partial charge on any atom is -0.464 e. The largest absolute Gasteiger partial charge is 0.464 e. The van der Waals surface area contributed by atoms with Gasteiger partial charge in [-0.05, 0) is 6.07 Å². The highest BCUT2D eigenvalue weighted by atomic mass is 16.6. The number of anilines is 1. The number of carbonyl (C=O) groups excluding carboxylic acids is 1. The quantitative estimate of drug-likeness (QED) is 0.494. The second kappa shape index (κ2) is 5.78. The maximum absolute atomic E-state index is 11.4. The fourth-order valence-corrected chi connectivity index (χ4v) is 1.45. The topological polar surface area (TPSA) is 120 Å². The van der Waals surface area contributed by atoms with Crippen LogP contribution in [0.5, 0.6) is 0 Å². The molecule has 0 unspecified atom stereocenters. The van der Waals surface area contributed by atoms with Gasteiger partial charge >= 0.3 is 11.7 Å². The van der Waals surface area contributed by atoms with Gasteiger partial charge in [-0.2, -0.15) is 0 Å².